The van der Waals surface area contributed by atoms with Crippen molar-refractivity contribution in [2.45, 2.75) is 6.92 Å². The van der Waals surface area contributed by atoms with Gasteiger partial charge >= 0.3 is 5.97 Å². The van der Waals surface area contributed by atoms with Gasteiger partial charge in [-0.05, 0) is 37.3 Å². The van der Waals surface area contributed by atoms with Crippen LogP contribution >= 0.6 is 0 Å². The molecule has 2 aromatic rings. The molecule has 0 aromatic heterocycles. The molecule has 0 saturated carbocycles. The van der Waals surface area contributed by atoms with E-state index in [0.717, 1.165) is 0 Å². The zero-order valence-electron chi connectivity index (χ0n) is 12.4. The first-order valence-electron chi connectivity index (χ1n) is 6.87. The predicted molar refractivity (Wildman–Crippen MR) is 83.7 cm³/mol. The third-order valence-corrected chi connectivity index (χ3v) is 3.06. The summed E-state index contributed by atoms with van der Waals surface area (Å²) in [6, 6.07) is 12.6. The van der Waals surface area contributed by atoms with E-state index < -0.39 is 11.9 Å². The summed E-state index contributed by atoms with van der Waals surface area (Å²) >= 11 is 0. The number of anilines is 1. The molecule has 6 heteroatoms. The molecule has 2 rings (SSSR count). The molecule has 0 heterocycles. The highest BCUT2D eigenvalue weighted by Gasteiger charge is 2.16. The lowest BCUT2D eigenvalue weighted by Crippen LogP contribution is -2.16. The molecule has 0 spiro atoms. The summed E-state index contributed by atoms with van der Waals surface area (Å²) in [4.78, 5) is 23.4. The van der Waals surface area contributed by atoms with Gasteiger partial charge in [0.05, 0.1) is 23.3 Å². The summed E-state index contributed by atoms with van der Waals surface area (Å²) in [7, 11) is 0. The molecule has 2 N–H and O–H groups in total. The maximum Gasteiger partial charge on any atom is 0.336 e. The number of hydrogen-bond acceptors (Lipinski definition) is 4. The van der Waals surface area contributed by atoms with Crippen molar-refractivity contribution in [3.63, 3.8) is 0 Å². The van der Waals surface area contributed by atoms with Crippen molar-refractivity contribution in [2.75, 3.05) is 11.9 Å². The van der Waals surface area contributed by atoms with E-state index in [2.05, 4.69) is 5.32 Å². The minimum Gasteiger partial charge on any atom is -0.492 e. The normalized spacial score (nSPS) is 9.74. The lowest BCUT2D eigenvalue weighted by Gasteiger charge is -2.10. The first-order chi connectivity index (χ1) is 11.1. The lowest BCUT2D eigenvalue weighted by atomic mass is 10.1. The third kappa shape index (κ3) is 3.66. The standard InChI is InChI=1S/C17H14N2O4/c1-2-23-15-8-7-12(9-11(15)10-18)19-16(20)13-5-3-4-6-14(13)17(21)22/h3-9H,2H2,1H3,(H,19,20)(H,21,22). The van der Waals surface area contributed by atoms with E-state index in [1.54, 1.807) is 31.2 Å². The van der Waals surface area contributed by atoms with Crippen LogP contribution in [0.25, 0.3) is 0 Å². The molecule has 23 heavy (non-hydrogen) atoms. The van der Waals surface area contributed by atoms with Gasteiger partial charge in [0.25, 0.3) is 5.91 Å². The first kappa shape index (κ1) is 16.0. The number of carboxylic acid groups (broad SMARTS) is 1. The summed E-state index contributed by atoms with van der Waals surface area (Å²) in [5, 5.41) is 20.8. The van der Waals surface area contributed by atoms with Gasteiger partial charge in [0.2, 0.25) is 0 Å². The number of nitrogens with one attached hydrogen (secondary N) is 1. The van der Waals surface area contributed by atoms with Gasteiger partial charge in [0, 0.05) is 5.69 Å². The quantitative estimate of drug-likeness (QED) is 0.884. The molecular weight excluding hydrogens is 296 g/mol. The van der Waals surface area contributed by atoms with Crippen LogP contribution in [-0.2, 0) is 0 Å². The smallest absolute Gasteiger partial charge is 0.336 e. The molecule has 0 aliphatic carbocycles. The lowest BCUT2D eigenvalue weighted by molar-refractivity contribution is 0.0692. The fourth-order valence-corrected chi connectivity index (χ4v) is 2.04. The Hall–Kier alpha value is -3.33. The van der Waals surface area contributed by atoms with Crippen LogP contribution in [0.5, 0.6) is 5.75 Å². The second-order valence-electron chi connectivity index (χ2n) is 4.56. The van der Waals surface area contributed by atoms with Crippen molar-refractivity contribution in [2.24, 2.45) is 0 Å². The summed E-state index contributed by atoms with van der Waals surface area (Å²) < 4.78 is 5.31. The van der Waals surface area contributed by atoms with Crippen molar-refractivity contribution in [1.29, 1.82) is 5.26 Å². The Balaban J connectivity index is 2.28. The van der Waals surface area contributed by atoms with Crippen LogP contribution in [0.15, 0.2) is 42.5 Å². The van der Waals surface area contributed by atoms with Crippen molar-refractivity contribution in [3.8, 4) is 11.8 Å². The van der Waals surface area contributed by atoms with Crippen LogP contribution < -0.4 is 10.1 Å². The van der Waals surface area contributed by atoms with Crippen LogP contribution in [0.2, 0.25) is 0 Å². The number of carbonyl (C=O) groups is 2. The van der Waals surface area contributed by atoms with Gasteiger partial charge in [-0.15, -0.1) is 0 Å². The molecule has 0 saturated heterocycles. The number of nitrogens with zero attached hydrogens (tertiary/aromatic N) is 1. The number of amides is 1. The van der Waals surface area contributed by atoms with Crippen LogP contribution in [0.4, 0.5) is 5.69 Å². The van der Waals surface area contributed by atoms with E-state index in [1.807, 2.05) is 6.07 Å². The monoisotopic (exact) mass is 310 g/mol. The average molecular weight is 310 g/mol. The minimum atomic E-state index is -1.18. The molecule has 0 fully saturated rings. The molecule has 0 unspecified atom stereocenters. The van der Waals surface area contributed by atoms with Crippen LogP contribution in [0.3, 0.4) is 0 Å². The van der Waals surface area contributed by atoms with E-state index in [-0.39, 0.29) is 16.7 Å². The van der Waals surface area contributed by atoms with E-state index in [9.17, 15) is 9.59 Å². The molecular formula is C17H14N2O4. The highest BCUT2D eigenvalue weighted by molar-refractivity contribution is 6.10. The fourth-order valence-electron chi connectivity index (χ4n) is 2.04. The van der Waals surface area contributed by atoms with Crippen molar-refractivity contribution < 1.29 is 19.4 Å². The van der Waals surface area contributed by atoms with E-state index in [1.165, 1.54) is 18.2 Å². The maximum absolute atomic E-state index is 12.3. The molecule has 2 aromatic carbocycles. The molecule has 0 atom stereocenters. The molecule has 116 valence electrons. The number of aromatic carboxylic acids is 1. The van der Waals surface area contributed by atoms with Gasteiger partial charge < -0.3 is 15.2 Å². The van der Waals surface area contributed by atoms with Gasteiger partial charge in [0.15, 0.2) is 0 Å². The topological polar surface area (TPSA) is 99.4 Å². The Morgan fingerprint density at radius 1 is 1.22 bits per heavy atom. The van der Waals surface area contributed by atoms with Crippen LogP contribution in [-0.4, -0.2) is 23.6 Å². The van der Waals surface area contributed by atoms with Gasteiger partial charge in [-0.1, -0.05) is 12.1 Å². The Kier molecular flexibility index (Phi) is 4.95. The van der Waals surface area contributed by atoms with Crippen molar-refractivity contribution in [3.05, 3.63) is 59.2 Å². The Labute approximate surface area is 132 Å². The SMILES string of the molecule is CCOc1ccc(NC(=O)c2ccccc2C(=O)O)cc1C#N. The average Bonchev–Trinajstić information content (AvgIpc) is 2.56. The number of rotatable bonds is 5. The molecule has 0 aliphatic heterocycles. The number of benzene rings is 2. The van der Waals surface area contributed by atoms with E-state index >= 15 is 0 Å². The molecule has 0 bridgehead atoms. The molecule has 0 aliphatic rings. The number of hydrogen-bond donors (Lipinski definition) is 2. The van der Waals surface area contributed by atoms with Gasteiger partial charge in [0.1, 0.15) is 11.8 Å². The fraction of sp³-hybridized carbons (Fsp3) is 0.118. The zero-order valence-corrected chi connectivity index (χ0v) is 12.4. The molecule has 6 nitrogen and oxygen atoms in total. The predicted octanol–water partition coefficient (Wildman–Crippen LogP) is 2.91. The third-order valence-electron chi connectivity index (χ3n) is 3.06. The summed E-state index contributed by atoms with van der Waals surface area (Å²) in [5.74, 6) is -1.31. The number of nitriles is 1. The van der Waals surface area contributed by atoms with Crippen molar-refractivity contribution >= 4 is 17.6 Å². The summed E-state index contributed by atoms with van der Waals surface area (Å²) in [6.45, 7) is 2.23. The number of carboxylic acids is 1. The van der Waals surface area contributed by atoms with Crippen LogP contribution in [0, 0.1) is 11.3 Å². The highest BCUT2D eigenvalue weighted by atomic mass is 16.5. The minimum absolute atomic E-state index is 0.0485. The van der Waals surface area contributed by atoms with E-state index in [4.69, 9.17) is 15.1 Å². The Morgan fingerprint density at radius 3 is 2.52 bits per heavy atom. The number of carbonyl (C=O) groups excluding carboxylic acids is 1. The Bertz CT molecular complexity index is 793. The van der Waals surface area contributed by atoms with Crippen molar-refractivity contribution in [1.82, 2.24) is 0 Å². The van der Waals surface area contributed by atoms with Crippen LogP contribution in [0.1, 0.15) is 33.2 Å². The summed E-state index contributed by atoms with van der Waals surface area (Å²) in [6.07, 6.45) is 0. The maximum atomic E-state index is 12.3. The van der Waals surface area contributed by atoms with Gasteiger partial charge in [-0.3, -0.25) is 4.79 Å². The first-order valence-corrected chi connectivity index (χ1v) is 6.87. The zero-order chi connectivity index (χ0) is 16.8. The highest BCUT2D eigenvalue weighted by Crippen LogP contribution is 2.23. The van der Waals surface area contributed by atoms with Gasteiger partial charge in [-0.2, -0.15) is 5.26 Å². The Morgan fingerprint density at radius 2 is 1.91 bits per heavy atom. The summed E-state index contributed by atoms with van der Waals surface area (Å²) in [5.41, 5.74) is 0.634. The largest absolute Gasteiger partial charge is 0.492 e. The van der Waals surface area contributed by atoms with Gasteiger partial charge in [-0.25, -0.2) is 4.79 Å². The molecule has 1 amide bonds. The second-order valence-corrected chi connectivity index (χ2v) is 4.56. The van der Waals surface area contributed by atoms with E-state index in [0.29, 0.717) is 18.0 Å². The molecule has 0 radical (unpaired) electrons. The number of ether oxygens (including phenoxy) is 1. The second kappa shape index (κ2) is 7.09.